The zero-order valence-corrected chi connectivity index (χ0v) is 18.6. The molecule has 10 heteroatoms. The quantitative estimate of drug-likeness (QED) is 0.361. The zero-order chi connectivity index (χ0) is 21.8. The number of anilines is 1. The average Bonchev–Trinajstić information content (AvgIpc) is 3.37. The molecule has 1 aliphatic rings. The molecule has 0 fully saturated rings. The summed E-state index contributed by atoms with van der Waals surface area (Å²) in [6.45, 7) is 2.06. The molecule has 3 N–H and O–H groups in total. The Balaban J connectivity index is 1.43. The summed E-state index contributed by atoms with van der Waals surface area (Å²) in [6, 6.07) is 6.81. The number of ether oxygens (including phenoxy) is 1. The number of aromatic hydroxyl groups is 1. The first-order chi connectivity index (χ1) is 15.1. The van der Waals surface area contributed by atoms with Crippen LogP contribution in [0.25, 0.3) is 11.4 Å². The minimum absolute atomic E-state index is 0.0862. The van der Waals surface area contributed by atoms with Gasteiger partial charge in [-0.25, -0.2) is 9.78 Å². The van der Waals surface area contributed by atoms with Gasteiger partial charge in [-0.2, -0.15) is 0 Å². The molecule has 0 saturated carbocycles. The van der Waals surface area contributed by atoms with Crippen molar-refractivity contribution in [3.8, 4) is 17.1 Å². The Kier molecular flexibility index (Phi) is 6.57. The third kappa shape index (κ3) is 4.75. The number of esters is 1. The first-order valence-corrected chi connectivity index (χ1v) is 11.8. The van der Waals surface area contributed by atoms with E-state index in [1.54, 1.807) is 31.2 Å². The molecule has 4 rings (SSSR count). The fourth-order valence-corrected chi connectivity index (χ4v) is 5.36. The number of thiophene rings is 1. The van der Waals surface area contributed by atoms with E-state index in [9.17, 15) is 14.7 Å². The van der Waals surface area contributed by atoms with Crippen LogP contribution in [0.4, 0.5) is 5.00 Å². The maximum absolute atomic E-state index is 12.6. The maximum atomic E-state index is 12.6. The van der Waals surface area contributed by atoms with Gasteiger partial charge in [-0.1, -0.05) is 23.9 Å². The summed E-state index contributed by atoms with van der Waals surface area (Å²) in [5.74, 6) is -0.0186. The lowest BCUT2D eigenvalue weighted by Crippen LogP contribution is -2.17. The molecule has 1 aromatic carbocycles. The highest BCUT2D eigenvalue weighted by molar-refractivity contribution is 7.99. The van der Waals surface area contributed by atoms with E-state index in [1.807, 2.05) is 0 Å². The van der Waals surface area contributed by atoms with Gasteiger partial charge in [0.1, 0.15) is 10.8 Å². The van der Waals surface area contributed by atoms with Gasteiger partial charge in [0, 0.05) is 4.88 Å². The number of aromatic nitrogens is 3. The van der Waals surface area contributed by atoms with Gasteiger partial charge in [-0.15, -0.1) is 16.4 Å². The number of aryl methyl sites for hydroxylation is 1. The lowest BCUT2D eigenvalue weighted by atomic mass is 9.95. The lowest BCUT2D eigenvalue weighted by molar-refractivity contribution is -0.113. The molecule has 31 heavy (non-hydrogen) atoms. The SMILES string of the molecule is CCOC(=O)c1c(NC(=O)CSc2n[nH]c(-c3ccccc3O)n2)sc2c1CCCC2. The zero-order valence-electron chi connectivity index (χ0n) is 16.9. The van der Waals surface area contributed by atoms with Crippen molar-refractivity contribution in [3.05, 3.63) is 40.3 Å². The monoisotopic (exact) mass is 458 g/mol. The molecular weight excluding hydrogens is 436 g/mol. The Morgan fingerprint density at radius 2 is 2.10 bits per heavy atom. The molecule has 0 spiro atoms. The van der Waals surface area contributed by atoms with E-state index in [-0.39, 0.29) is 30.0 Å². The Labute approximate surface area is 187 Å². The molecule has 2 aromatic heterocycles. The molecule has 0 atom stereocenters. The second-order valence-electron chi connectivity index (χ2n) is 6.96. The third-order valence-electron chi connectivity index (χ3n) is 4.86. The van der Waals surface area contributed by atoms with Crippen LogP contribution in [-0.2, 0) is 22.4 Å². The van der Waals surface area contributed by atoms with Crippen LogP contribution in [0, 0.1) is 0 Å². The third-order valence-corrected chi connectivity index (χ3v) is 6.91. The molecule has 0 bridgehead atoms. The summed E-state index contributed by atoms with van der Waals surface area (Å²) < 4.78 is 5.22. The molecule has 2 heterocycles. The second kappa shape index (κ2) is 9.52. The number of para-hydroxylation sites is 1. The van der Waals surface area contributed by atoms with Crippen LogP contribution in [-0.4, -0.2) is 44.5 Å². The highest BCUT2D eigenvalue weighted by atomic mass is 32.2. The average molecular weight is 459 g/mol. The van der Waals surface area contributed by atoms with Gasteiger partial charge in [0.15, 0.2) is 5.82 Å². The smallest absolute Gasteiger partial charge is 0.341 e. The van der Waals surface area contributed by atoms with Crippen molar-refractivity contribution in [1.29, 1.82) is 0 Å². The number of rotatable bonds is 7. The number of phenols is 1. The number of nitrogens with zero attached hydrogens (tertiary/aromatic N) is 2. The Morgan fingerprint density at radius 1 is 1.29 bits per heavy atom. The topological polar surface area (TPSA) is 117 Å². The minimum Gasteiger partial charge on any atom is -0.507 e. The molecule has 3 aromatic rings. The van der Waals surface area contributed by atoms with E-state index in [0.29, 0.717) is 27.1 Å². The number of aromatic amines is 1. The Morgan fingerprint density at radius 3 is 2.90 bits per heavy atom. The molecule has 1 amide bonds. The van der Waals surface area contributed by atoms with Crippen molar-refractivity contribution >= 4 is 40.0 Å². The standard InChI is InChI=1S/C21H22N4O4S2/c1-2-29-20(28)17-13-8-4-6-10-15(13)31-19(17)22-16(27)11-30-21-23-18(24-25-21)12-7-3-5-9-14(12)26/h3,5,7,9,26H,2,4,6,8,10-11H2,1H3,(H,22,27)(H,23,24,25). The van der Waals surface area contributed by atoms with E-state index in [1.165, 1.54) is 23.1 Å². The highest BCUT2D eigenvalue weighted by Gasteiger charge is 2.27. The van der Waals surface area contributed by atoms with E-state index in [2.05, 4.69) is 20.5 Å². The molecule has 8 nitrogen and oxygen atoms in total. The number of nitrogens with one attached hydrogen (secondary N) is 2. The minimum atomic E-state index is -0.383. The van der Waals surface area contributed by atoms with Crippen molar-refractivity contribution < 1.29 is 19.4 Å². The molecule has 0 unspecified atom stereocenters. The molecule has 0 saturated heterocycles. The Bertz CT molecular complexity index is 1110. The normalized spacial score (nSPS) is 12.9. The number of phenolic OH excluding ortho intramolecular Hbond substituents is 1. The Hall–Kier alpha value is -2.85. The van der Waals surface area contributed by atoms with Gasteiger partial charge in [-0.05, 0) is 50.3 Å². The number of hydrogen-bond acceptors (Lipinski definition) is 8. The number of fused-ring (bicyclic) bond motifs is 1. The van der Waals surface area contributed by atoms with Crippen LogP contribution in [0.15, 0.2) is 29.4 Å². The summed E-state index contributed by atoms with van der Waals surface area (Å²) in [5, 5.41) is 20.6. The summed E-state index contributed by atoms with van der Waals surface area (Å²) in [5.41, 5.74) is 2.05. The van der Waals surface area contributed by atoms with Crippen LogP contribution in [0.3, 0.4) is 0 Å². The first-order valence-electron chi connectivity index (χ1n) is 10.0. The van der Waals surface area contributed by atoms with Gasteiger partial charge in [-0.3, -0.25) is 9.89 Å². The number of benzene rings is 1. The van der Waals surface area contributed by atoms with Crippen molar-refractivity contribution in [1.82, 2.24) is 15.2 Å². The maximum Gasteiger partial charge on any atom is 0.341 e. The van der Waals surface area contributed by atoms with Gasteiger partial charge >= 0.3 is 5.97 Å². The number of carbonyl (C=O) groups is 2. The molecule has 0 aliphatic heterocycles. The van der Waals surface area contributed by atoms with Gasteiger partial charge in [0.05, 0.1) is 23.5 Å². The largest absolute Gasteiger partial charge is 0.507 e. The van der Waals surface area contributed by atoms with E-state index >= 15 is 0 Å². The predicted octanol–water partition coefficient (Wildman–Crippen LogP) is 4.03. The summed E-state index contributed by atoms with van der Waals surface area (Å²) in [6.07, 6.45) is 3.87. The number of carbonyl (C=O) groups excluding carboxylic acids is 2. The summed E-state index contributed by atoms with van der Waals surface area (Å²) in [4.78, 5) is 30.6. The first kappa shape index (κ1) is 21.4. The summed E-state index contributed by atoms with van der Waals surface area (Å²) in [7, 11) is 0. The van der Waals surface area contributed by atoms with Gasteiger partial charge in [0.25, 0.3) is 0 Å². The second-order valence-corrected chi connectivity index (χ2v) is 9.00. The van der Waals surface area contributed by atoms with E-state index in [0.717, 1.165) is 36.1 Å². The highest BCUT2D eigenvalue weighted by Crippen LogP contribution is 2.38. The van der Waals surface area contributed by atoms with Crippen molar-refractivity contribution in [3.63, 3.8) is 0 Å². The number of H-pyrrole nitrogens is 1. The molecular formula is C21H22N4O4S2. The van der Waals surface area contributed by atoms with Crippen LogP contribution >= 0.6 is 23.1 Å². The number of thioether (sulfide) groups is 1. The number of hydrogen-bond donors (Lipinski definition) is 3. The molecule has 162 valence electrons. The van der Waals surface area contributed by atoms with E-state index in [4.69, 9.17) is 4.74 Å². The fraction of sp³-hybridized carbons (Fsp3) is 0.333. The molecule has 1 aliphatic carbocycles. The van der Waals surface area contributed by atoms with Crippen LogP contribution in [0.1, 0.15) is 40.6 Å². The van der Waals surface area contributed by atoms with Crippen LogP contribution in [0.5, 0.6) is 5.75 Å². The fourth-order valence-electron chi connectivity index (χ4n) is 3.47. The van der Waals surface area contributed by atoms with Crippen molar-refractivity contribution in [2.75, 3.05) is 17.7 Å². The van der Waals surface area contributed by atoms with Gasteiger partial charge < -0.3 is 15.2 Å². The van der Waals surface area contributed by atoms with Crippen LogP contribution < -0.4 is 5.32 Å². The predicted molar refractivity (Wildman–Crippen MR) is 120 cm³/mol. The van der Waals surface area contributed by atoms with Crippen molar-refractivity contribution in [2.45, 2.75) is 37.8 Å². The number of amides is 1. The lowest BCUT2D eigenvalue weighted by Gasteiger charge is -2.12. The van der Waals surface area contributed by atoms with Crippen molar-refractivity contribution in [2.24, 2.45) is 0 Å². The molecule has 0 radical (unpaired) electrons. The van der Waals surface area contributed by atoms with Gasteiger partial charge in [0.2, 0.25) is 11.1 Å². The summed E-state index contributed by atoms with van der Waals surface area (Å²) >= 11 is 2.63. The van der Waals surface area contributed by atoms with E-state index < -0.39 is 0 Å². The van der Waals surface area contributed by atoms with Crippen LogP contribution in [0.2, 0.25) is 0 Å².